The zero-order chi connectivity index (χ0) is 40.4. The van der Waals surface area contributed by atoms with Gasteiger partial charge in [-0.2, -0.15) is 0 Å². The van der Waals surface area contributed by atoms with E-state index in [2.05, 4.69) is 12.1 Å². The van der Waals surface area contributed by atoms with Gasteiger partial charge < -0.3 is 4.42 Å². The predicted molar refractivity (Wildman–Crippen MR) is 218 cm³/mol. The first kappa shape index (κ1) is 21.4. The molecule has 0 atom stereocenters. The molecular weight excluding hydrogens is 617 g/mol. The van der Waals surface area contributed by atoms with Gasteiger partial charge in [-0.3, -0.25) is 0 Å². The normalized spacial score (nSPS) is 14.1. The van der Waals surface area contributed by atoms with Crippen LogP contribution in [0.25, 0.3) is 109 Å². The van der Waals surface area contributed by atoms with Gasteiger partial charge in [-0.05, 0) is 99.4 Å². The standard InChI is InChI=1S/C50H30O/c1-4-17-34-31(13-1)16-11-24-37(34)46-38-20-7-9-22-40(38)48(41-23-10-8-21-39(41)46)47-35-18-5-2-14-32(35)27-29-43(47)42-25-12-26-44-50(42)49-36-19-6-3-15-33(36)28-30-45(49)51-44/h1-30H/i7D,8D,9D,10D,20D,21D,22D,23D. The minimum absolute atomic E-state index is 0.170. The van der Waals surface area contributed by atoms with Gasteiger partial charge in [0.15, 0.2) is 0 Å². The maximum atomic E-state index is 9.72. The summed E-state index contributed by atoms with van der Waals surface area (Å²) < 4.78 is 81.4. The van der Waals surface area contributed by atoms with E-state index < -0.39 is 24.2 Å². The summed E-state index contributed by atoms with van der Waals surface area (Å²) in [5, 5.41) is 7.80. The van der Waals surface area contributed by atoms with Gasteiger partial charge in [0.2, 0.25) is 0 Å². The summed E-state index contributed by atoms with van der Waals surface area (Å²) in [6, 6.07) is 40.3. The molecule has 1 heterocycles. The maximum absolute atomic E-state index is 9.72. The van der Waals surface area contributed by atoms with Crippen LogP contribution in [0.15, 0.2) is 186 Å². The van der Waals surface area contributed by atoms with Crippen molar-refractivity contribution in [3.63, 3.8) is 0 Å². The Morgan fingerprint density at radius 2 is 0.824 bits per heavy atom. The zero-order valence-electron chi connectivity index (χ0n) is 35.1. The third kappa shape index (κ3) is 4.09. The van der Waals surface area contributed by atoms with Crippen molar-refractivity contribution < 1.29 is 15.4 Å². The Bertz CT molecular complexity index is 3580. The summed E-state index contributed by atoms with van der Waals surface area (Å²) in [7, 11) is 0. The molecule has 0 aliphatic heterocycles. The van der Waals surface area contributed by atoms with E-state index >= 15 is 0 Å². The topological polar surface area (TPSA) is 13.1 Å². The van der Waals surface area contributed by atoms with Crippen LogP contribution >= 0.6 is 0 Å². The Kier molecular flexibility index (Phi) is 4.57. The van der Waals surface area contributed by atoms with Crippen LogP contribution in [-0.2, 0) is 0 Å². The summed E-state index contributed by atoms with van der Waals surface area (Å²) in [5.74, 6) is 0. The molecule has 0 aliphatic carbocycles. The van der Waals surface area contributed by atoms with E-state index in [9.17, 15) is 5.48 Å². The second kappa shape index (κ2) is 10.9. The number of fused-ring (bicyclic) bond motifs is 9. The van der Waals surface area contributed by atoms with Crippen molar-refractivity contribution >= 4 is 75.8 Å². The lowest BCUT2D eigenvalue weighted by Crippen LogP contribution is -1.94. The van der Waals surface area contributed by atoms with Gasteiger partial charge in [0.1, 0.15) is 11.2 Å². The lowest BCUT2D eigenvalue weighted by molar-refractivity contribution is 0.669. The lowest BCUT2D eigenvalue weighted by atomic mass is 9.81. The molecule has 11 rings (SSSR count). The molecule has 0 saturated heterocycles. The van der Waals surface area contributed by atoms with E-state index in [1.807, 2.05) is 121 Å². The summed E-state index contributed by atoms with van der Waals surface area (Å²) in [6.07, 6.45) is 0. The fraction of sp³-hybridized carbons (Fsp3) is 0. The molecule has 1 aromatic heterocycles. The molecule has 0 N–H and O–H groups in total. The van der Waals surface area contributed by atoms with Crippen molar-refractivity contribution in [3.05, 3.63) is 182 Å². The summed E-state index contributed by atoms with van der Waals surface area (Å²) >= 11 is 0. The molecule has 0 radical (unpaired) electrons. The molecule has 0 fully saturated rings. The highest BCUT2D eigenvalue weighted by Crippen LogP contribution is 2.51. The van der Waals surface area contributed by atoms with E-state index in [0.29, 0.717) is 39.0 Å². The van der Waals surface area contributed by atoms with Crippen molar-refractivity contribution in [1.82, 2.24) is 0 Å². The summed E-state index contributed by atoms with van der Waals surface area (Å²) in [6.45, 7) is 0. The third-order valence-corrected chi connectivity index (χ3v) is 10.3. The minimum atomic E-state index is -0.441. The second-order valence-electron chi connectivity index (χ2n) is 12.9. The number of benzene rings is 10. The first-order valence-corrected chi connectivity index (χ1v) is 16.9. The zero-order valence-corrected chi connectivity index (χ0v) is 27.1. The van der Waals surface area contributed by atoms with Crippen LogP contribution in [0.3, 0.4) is 0 Å². The van der Waals surface area contributed by atoms with Gasteiger partial charge in [0.05, 0.1) is 11.0 Å². The van der Waals surface area contributed by atoms with Crippen LogP contribution in [0.2, 0.25) is 0 Å². The maximum Gasteiger partial charge on any atom is 0.136 e. The quantitative estimate of drug-likeness (QED) is 0.173. The number of rotatable bonds is 3. The first-order chi connectivity index (χ1) is 28.7. The average molecular weight is 655 g/mol. The molecule has 0 spiro atoms. The molecular formula is C50H30O. The van der Waals surface area contributed by atoms with E-state index in [-0.39, 0.29) is 45.7 Å². The van der Waals surface area contributed by atoms with Crippen LogP contribution in [0.5, 0.6) is 0 Å². The van der Waals surface area contributed by atoms with Crippen LogP contribution in [0.4, 0.5) is 0 Å². The smallest absolute Gasteiger partial charge is 0.136 e. The number of hydrogen-bond donors (Lipinski definition) is 0. The van der Waals surface area contributed by atoms with E-state index in [1.54, 1.807) is 0 Å². The van der Waals surface area contributed by atoms with E-state index in [1.165, 1.54) is 0 Å². The number of furan rings is 1. The van der Waals surface area contributed by atoms with Crippen molar-refractivity contribution in [3.8, 4) is 33.4 Å². The molecule has 0 saturated carbocycles. The van der Waals surface area contributed by atoms with Gasteiger partial charge in [-0.1, -0.05) is 170 Å². The van der Waals surface area contributed by atoms with E-state index in [0.717, 1.165) is 48.7 Å². The SMILES string of the molecule is [2H]c1c([2H])c([2H])c2c(-c3c(-c4cccc5oc6ccc7ccccc7c6c45)ccc4ccccc34)c3c([2H])c([2H])c([2H])c([2H])c3c(-c3cccc4ccccc34)c2c1[2H]. The fourth-order valence-electron chi connectivity index (χ4n) is 8.16. The van der Waals surface area contributed by atoms with Crippen LogP contribution < -0.4 is 0 Å². The lowest BCUT2D eigenvalue weighted by Gasteiger charge is -2.22. The molecule has 0 unspecified atom stereocenters. The summed E-state index contributed by atoms with van der Waals surface area (Å²) in [4.78, 5) is 0. The Hall–Kier alpha value is -6.70. The highest BCUT2D eigenvalue weighted by atomic mass is 16.3. The van der Waals surface area contributed by atoms with Crippen LogP contribution in [0.1, 0.15) is 11.0 Å². The highest BCUT2D eigenvalue weighted by molar-refractivity contribution is 6.29. The highest BCUT2D eigenvalue weighted by Gasteiger charge is 2.23. The van der Waals surface area contributed by atoms with Crippen LogP contribution in [-0.4, -0.2) is 0 Å². The molecule has 0 aliphatic rings. The van der Waals surface area contributed by atoms with Crippen LogP contribution in [0, 0.1) is 0 Å². The van der Waals surface area contributed by atoms with Crippen molar-refractivity contribution in [1.29, 1.82) is 0 Å². The first-order valence-electron chi connectivity index (χ1n) is 20.9. The number of hydrogen-bond acceptors (Lipinski definition) is 1. The summed E-state index contributed by atoms with van der Waals surface area (Å²) in [5.41, 5.74) is 4.71. The Morgan fingerprint density at radius 3 is 1.55 bits per heavy atom. The van der Waals surface area contributed by atoms with E-state index in [4.69, 9.17) is 9.90 Å². The van der Waals surface area contributed by atoms with Gasteiger partial charge >= 0.3 is 0 Å². The fourth-order valence-corrected chi connectivity index (χ4v) is 8.16. The molecule has 0 amide bonds. The van der Waals surface area contributed by atoms with Crippen molar-refractivity contribution in [2.45, 2.75) is 0 Å². The molecule has 51 heavy (non-hydrogen) atoms. The monoisotopic (exact) mass is 654 g/mol. The van der Waals surface area contributed by atoms with Gasteiger partial charge in [-0.25, -0.2) is 0 Å². The van der Waals surface area contributed by atoms with Gasteiger partial charge in [-0.15, -0.1) is 0 Å². The molecule has 0 bridgehead atoms. The minimum Gasteiger partial charge on any atom is -0.456 e. The van der Waals surface area contributed by atoms with Crippen molar-refractivity contribution in [2.24, 2.45) is 0 Å². The Labute approximate surface area is 305 Å². The Morgan fingerprint density at radius 1 is 0.314 bits per heavy atom. The second-order valence-corrected chi connectivity index (χ2v) is 12.9. The third-order valence-electron chi connectivity index (χ3n) is 10.3. The molecule has 1 nitrogen and oxygen atoms in total. The van der Waals surface area contributed by atoms with Crippen molar-refractivity contribution in [2.75, 3.05) is 0 Å². The molecule has 236 valence electrons. The molecule has 10 aromatic carbocycles. The molecule has 1 heteroatoms. The molecule has 11 aromatic rings. The Balaban J connectivity index is 1.44. The predicted octanol–water partition coefficient (Wildman–Crippen LogP) is 14.4. The largest absolute Gasteiger partial charge is 0.456 e. The average Bonchev–Trinajstić information content (AvgIpc) is 3.67. The van der Waals surface area contributed by atoms with Gasteiger partial charge in [0, 0.05) is 10.8 Å². The van der Waals surface area contributed by atoms with Gasteiger partial charge in [0.25, 0.3) is 0 Å².